The summed E-state index contributed by atoms with van der Waals surface area (Å²) in [5, 5.41) is 0. The molecule has 3 aromatic rings. The summed E-state index contributed by atoms with van der Waals surface area (Å²) in [6, 6.07) is 20.9. The topological polar surface area (TPSA) is 82.3 Å². The number of nitrogens with two attached hydrogens (primary N) is 1. The smallest absolute Gasteiger partial charge is 0.309 e. The van der Waals surface area contributed by atoms with Crippen LogP contribution in [0.15, 0.2) is 72.9 Å². The third-order valence-corrected chi connectivity index (χ3v) is 5.03. The Hall–Kier alpha value is -3.47. The van der Waals surface area contributed by atoms with Gasteiger partial charge in [-0.2, -0.15) is 0 Å². The number of pyridine rings is 1. The van der Waals surface area contributed by atoms with Crippen LogP contribution >= 0.6 is 0 Å². The average Bonchev–Trinajstić information content (AvgIpc) is 2.78. The molecule has 0 aliphatic heterocycles. The Kier molecular flexibility index (Phi) is 7.33. The molecule has 0 saturated heterocycles. The van der Waals surface area contributed by atoms with Crippen molar-refractivity contribution in [2.45, 2.75) is 26.2 Å². The van der Waals surface area contributed by atoms with Crippen LogP contribution in [-0.4, -0.2) is 23.3 Å². The summed E-state index contributed by atoms with van der Waals surface area (Å²) in [6.07, 6.45) is 3.05. The molecule has 1 unspecified atom stereocenters. The molecule has 5 nitrogen and oxygen atoms in total. The molecule has 1 aromatic heterocycles. The highest BCUT2D eigenvalue weighted by atomic mass is 16.5. The highest BCUT2D eigenvalue weighted by Crippen LogP contribution is 2.25. The number of Topliss-reactive ketones (excluding diaryl/α,β-unsaturated/α-hetero) is 1. The molecule has 0 radical (unpaired) electrons. The summed E-state index contributed by atoms with van der Waals surface area (Å²) in [4.78, 5) is 29.4. The maximum Gasteiger partial charge on any atom is 0.309 e. The fraction of sp³-hybridized carbons (Fsp3) is 0.240. The molecule has 30 heavy (non-hydrogen) atoms. The Morgan fingerprint density at radius 3 is 2.40 bits per heavy atom. The number of carbonyl (C=O) groups is 2. The summed E-state index contributed by atoms with van der Waals surface area (Å²) in [7, 11) is 0. The molecule has 154 valence electrons. The number of ether oxygens (including phenoxy) is 1. The van der Waals surface area contributed by atoms with Crippen LogP contribution in [0.1, 0.15) is 35.7 Å². The average molecular weight is 402 g/mol. The van der Waals surface area contributed by atoms with E-state index in [4.69, 9.17) is 10.5 Å². The first-order valence-corrected chi connectivity index (χ1v) is 10.1. The van der Waals surface area contributed by atoms with Gasteiger partial charge in [0.25, 0.3) is 0 Å². The summed E-state index contributed by atoms with van der Waals surface area (Å²) >= 11 is 0. The van der Waals surface area contributed by atoms with Gasteiger partial charge >= 0.3 is 5.97 Å². The van der Waals surface area contributed by atoms with E-state index >= 15 is 0 Å². The predicted molar refractivity (Wildman–Crippen MR) is 118 cm³/mol. The Labute approximate surface area is 176 Å². The second-order valence-electron chi connectivity index (χ2n) is 7.11. The van der Waals surface area contributed by atoms with Gasteiger partial charge in [0.05, 0.1) is 12.5 Å². The Balaban J connectivity index is 1.69. The molecule has 1 atom stereocenters. The molecule has 2 N–H and O–H groups in total. The van der Waals surface area contributed by atoms with Crippen LogP contribution in [0.2, 0.25) is 0 Å². The fourth-order valence-corrected chi connectivity index (χ4v) is 3.39. The second kappa shape index (κ2) is 10.3. The molecule has 0 amide bonds. The number of rotatable bonds is 9. The standard InChI is InChI=1S/C25H26N2O3/c1-2-30-25(29)21(11-10-18-7-4-3-5-8-18)17-23(28)20-14-12-19(13-15-20)22-9-6-16-27-24(22)26/h3-9,12-16,21H,2,10-11,17H2,1H3,(H2,26,27). The first-order chi connectivity index (χ1) is 14.6. The minimum Gasteiger partial charge on any atom is -0.466 e. The summed E-state index contributed by atoms with van der Waals surface area (Å²) < 4.78 is 5.21. The number of esters is 1. The number of nitrogens with zero attached hydrogens (tertiary/aromatic N) is 1. The van der Waals surface area contributed by atoms with E-state index in [9.17, 15) is 9.59 Å². The monoisotopic (exact) mass is 402 g/mol. The lowest BCUT2D eigenvalue weighted by molar-refractivity contribution is -0.148. The van der Waals surface area contributed by atoms with E-state index in [1.165, 1.54) is 0 Å². The molecule has 1 heterocycles. The van der Waals surface area contributed by atoms with Crippen molar-refractivity contribution >= 4 is 17.6 Å². The van der Waals surface area contributed by atoms with E-state index in [0.29, 0.717) is 24.4 Å². The van der Waals surface area contributed by atoms with Crippen LogP contribution in [0.25, 0.3) is 11.1 Å². The molecule has 0 fully saturated rings. The summed E-state index contributed by atoms with van der Waals surface area (Å²) in [6.45, 7) is 2.08. The second-order valence-corrected chi connectivity index (χ2v) is 7.11. The third-order valence-electron chi connectivity index (χ3n) is 5.03. The van der Waals surface area contributed by atoms with E-state index in [1.807, 2.05) is 54.6 Å². The van der Waals surface area contributed by atoms with Crippen molar-refractivity contribution < 1.29 is 14.3 Å². The Bertz CT molecular complexity index is 985. The van der Waals surface area contributed by atoms with Crippen LogP contribution in [0, 0.1) is 5.92 Å². The molecular weight excluding hydrogens is 376 g/mol. The number of aryl methyl sites for hydroxylation is 1. The number of hydrogen-bond donors (Lipinski definition) is 1. The van der Waals surface area contributed by atoms with E-state index in [0.717, 1.165) is 23.1 Å². The molecule has 0 aliphatic rings. The minimum absolute atomic E-state index is 0.0770. The summed E-state index contributed by atoms with van der Waals surface area (Å²) in [5.41, 5.74) is 9.35. The normalized spacial score (nSPS) is 11.6. The van der Waals surface area contributed by atoms with Gasteiger partial charge in [-0.05, 0) is 43.0 Å². The molecule has 2 aromatic carbocycles. The molecule has 5 heteroatoms. The lowest BCUT2D eigenvalue weighted by Crippen LogP contribution is -2.22. The third kappa shape index (κ3) is 5.54. The van der Waals surface area contributed by atoms with Gasteiger partial charge in [0, 0.05) is 23.7 Å². The van der Waals surface area contributed by atoms with Crippen molar-refractivity contribution in [2.24, 2.45) is 5.92 Å². The van der Waals surface area contributed by atoms with E-state index in [1.54, 1.807) is 25.3 Å². The molecule has 3 rings (SSSR count). The Morgan fingerprint density at radius 1 is 1.00 bits per heavy atom. The van der Waals surface area contributed by atoms with Crippen LogP contribution < -0.4 is 5.73 Å². The van der Waals surface area contributed by atoms with Gasteiger partial charge in [0.1, 0.15) is 5.82 Å². The minimum atomic E-state index is -0.466. The number of anilines is 1. The van der Waals surface area contributed by atoms with Crippen molar-refractivity contribution in [1.82, 2.24) is 4.98 Å². The molecule has 0 spiro atoms. The zero-order valence-electron chi connectivity index (χ0n) is 17.1. The highest BCUT2D eigenvalue weighted by Gasteiger charge is 2.24. The molecule has 0 saturated carbocycles. The van der Waals surface area contributed by atoms with Gasteiger partial charge in [0.15, 0.2) is 5.78 Å². The first-order valence-electron chi connectivity index (χ1n) is 10.1. The SMILES string of the molecule is CCOC(=O)C(CCc1ccccc1)CC(=O)c1ccc(-c2cccnc2N)cc1. The number of aromatic nitrogens is 1. The zero-order valence-corrected chi connectivity index (χ0v) is 17.1. The van der Waals surface area contributed by atoms with Crippen molar-refractivity contribution in [3.05, 3.63) is 84.1 Å². The quantitative estimate of drug-likeness (QED) is 0.414. The molecule has 0 bridgehead atoms. The number of carbonyl (C=O) groups excluding carboxylic acids is 2. The molecular formula is C25H26N2O3. The Morgan fingerprint density at radius 2 is 1.73 bits per heavy atom. The van der Waals surface area contributed by atoms with Crippen LogP contribution in [0.3, 0.4) is 0 Å². The molecule has 0 aliphatic carbocycles. The van der Waals surface area contributed by atoms with Gasteiger partial charge in [-0.15, -0.1) is 0 Å². The largest absolute Gasteiger partial charge is 0.466 e. The van der Waals surface area contributed by atoms with Gasteiger partial charge in [-0.1, -0.05) is 54.6 Å². The van der Waals surface area contributed by atoms with E-state index < -0.39 is 5.92 Å². The first kappa shape index (κ1) is 21.2. The van der Waals surface area contributed by atoms with Gasteiger partial charge in [-0.25, -0.2) is 4.98 Å². The van der Waals surface area contributed by atoms with Crippen molar-refractivity contribution in [1.29, 1.82) is 0 Å². The summed E-state index contributed by atoms with van der Waals surface area (Å²) in [5.74, 6) is -0.417. The zero-order chi connectivity index (χ0) is 21.3. The fourth-order valence-electron chi connectivity index (χ4n) is 3.39. The predicted octanol–water partition coefficient (Wildman–Crippen LogP) is 4.72. The van der Waals surface area contributed by atoms with Crippen molar-refractivity contribution in [3.8, 4) is 11.1 Å². The number of nitrogen functional groups attached to an aromatic ring is 1. The van der Waals surface area contributed by atoms with Crippen molar-refractivity contribution in [3.63, 3.8) is 0 Å². The lowest BCUT2D eigenvalue weighted by atomic mass is 9.92. The lowest BCUT2D eigenvalue weighted by Gasteiger charge is -2.15. The van der Waals surface area contributed by atoms with Gasteiger partial charge in [-0.3, -0.25) is 9.59 Å². The maximum atomic E-state index is 12.8. The van der Waals surface area contributed by atoms with Crippen LogP contribution in [-0.2, 0) is 16.0 Å². The van der Waals surface area contributed by atoms with Crippen molar-refractivity contribution in [2.75, 3.05) is 12.3 Å². The van der Waals surface area contributed by atoms with E-state index in [-0.39, 0.29) is 18.2 Å². The van der Waals surface area contributed by atoms with Crippen LogP contribution in [0.5, 0.6) is 0 Å². The number of benzene rings is 2. The van der Waals surface area contributed by atoms with Gasteiger partial charge < -0.3 is 10.5 Å². The van der Waals surface area contributed by atoms with Gasteiger partial charge in [0.2, 0.25) is 0 Å². The van der Waals surface area contributed by atoms with Crippen LogP contribution in [0.4, 0.5) is 5.82 Å². The maximum absolute atomic E-state index is 12.8. The van der Waals surface area contributed by atoms with E-state index in [2.05, 4.69) is 4.98 Å². The number of hydrogen-bond acceptors (Lipinski definition) is 5. The number of ketones is 1. The highest BCUT2D eigenvalue weighted by molar-refractivity contribution is 5.98.